The molecule has 1 heterocycles. The predicted octanol–water partition coefficient (Wildman–Crippen LogP) is 2.70. The van der Waals surface area contributed by atoms with Crippen molar-refractivity contribution in [3.63, 3.8) is 0 Å². The Morgan fingerprint density at radius 3 is 2.48 bits per heavy atom. The molecule has 2 aromatic rings. The van der Waals surface area contributed by atoms with Crippen LogP contribution in [-0.4, -0.2) is 34.3 Å². The first-order valence-electron chi connectivity index (χ1n) is 8.06. The SMILES string of the molecule is COc1cccc(-c2cc(C(=O)O)c(=O)n(CC(=O)OC(C)(C)C)c2)c1F. The van der Waals surface area contributed by atoms with Crippen LogP contribution in [0.5, 0.6) is 5.75 Å². The summed E-state index contributed by atoms with van der Waals surface area (Å²) < 4.78 is 25.5. The highest BCUT2D eigenvalue weighted by atomic mass is 19.1. The average molecular weight is 377 g/mol. The van der Waals surface area contributed by atoms with E-state index in [4.69, 9.17) is 9.47 Å². The number of aromatic carboxylic acids is 1. The van der Waals surface area contributed by atoms with Crippen molar-refractivity contribution in [2.45, 2.75) is 32.9 Å². The lowest BCUT2D eigenvalue weighted by molar-refractivity contribution is -0.155. The molecule has 0 aliphatic heterocycles. The second kappa shape index (κ2) is 7.61. The molecule has 0 radical (unpaired) electrons. The molecule has 7 nitrogen and oxygen atoms in total. The number of carbonyl (C=O) groups is 2. The van der Waals surface area contributed by atoms with Crippen LogP contribution >= 0.6 is 0 Å². The third-order valence-corrected chi connectivity index (χ3v) is 3.53. The number of carboxylic acids is 1. The van der Waals surface area contributed by atoms with Crippen LogP contribution in [0.1, 0.15) is 31.1 Å². The number of hydrogen-bond donors (Lipinski definition) is 1. The van der Waals surface area contributed by atoms with Crippen LogP contribution in [-0.2, 0) is 16.1 Å². The van der Waals surface area contributed by atoms with E-state index in [-0.39, 0.29) is 16.9 Å². The highest BCUT2D eigenvalue weighted by Crippen LogP contribution is 2.29. The van der Waals surface area contributed by atoms with Gasteiger partial charge in [-0.25, -0.2) is 9.18 Å². The minimum Gasteiger partial charge on any atom is -0.494 e. The zero-order valence-corrected chi connectivity index (χ0v) is 15.4. The van der Waals surface area contributed by atoms with E-state index in [1.165, 1.54) is 31.5 Å². The van der Waals surface area contributed by atoms with Gasteiger partial charge >= 0.3 is 11.9 Å². The standard InChI is InChI=1S/C19H20FNO6/c1-19(2,3)27-15(22)10-21-9-11(8-13(17(21)23)18(24)25)12-6-5-7-14(26-4)16(12)20/h5-9H,10H2,1-4H3,(H,24,25). The van der Waals surface area contributed by atoms with E-state index in [2.05, 4.69) is 0 Å². The van der Waals surface area contributed by atoms with Gasteiger partial charge in [-0.05, 0) is 32.9 Å². The van der Waals surface area contributed by atoms with Gasteiger partial charge in [0.25, 0.3) is 5.56 Å². The fourth-order valence-corrected chi connectivity index (χ4v) is 2.46. The summed E-state index contributed by atoms with van der Waals surface area (Å²) in [6.07, 6.45) is 1.22. The summed E-state index contributed by atoms with van der Waals surface area (Å²) in [5.41, 5.74) is -2.09. The van der Waals surface area contributed by atoms with E-state index < -0.39 is 41.0 Å². The van der Waals surface area contributed by atoms with Gasteiger partial charge < -0.3 is 19.1 Å². The number of pyridine rings is 1. The fourth-order valence-electron chi connectivity index (χ4n) is 2.46. The number of hydrogen-bond acceptors (Lipinski definition) is 5. The van der Waals surface area contributed by atoms with E-state index in [1.807, 2.05) is 0 Å². The number of ether oxygens (including phenoxy) is 2. The second-order valence-electron chi connectivity index (χ2n) is 6.79. The zero-order valence-electron chi connectivity index (χ0n) is 15.4. The van der Waals surface area contributed by atoms with Gasteiger partial charge in [-0.2, -0.15) is 0 Å². The average Bonchev–Trinajstić information content (AvgIpc) is 2.55. The van der Waals surface area contributed by atoms with Gasteiger partial charge in [-0.3, -0.25) is 9.59 Å². The molecule has 144 valence electrons. The Labute approximate surface area is 155 Å². The highest BCUT2D eigenvalue weighted by Gasteiger charge is 2.21. The Bertz CT molecular complexity index is 942. The van der Waals surface area contributed by atoms with Gasteiger partial charge in [0.2, 0.25) is 0 Å². The van der Waals surface area contributed by atoms with Crippen LogP contribution in [0.25, 0.3) is 11.1 Å². The summed E-state index contributed by atoms with van der Waals surface area (Å²) in [6, 6.07) is 5.42. The number of carboxylic acid groups (broad SMARTS) is 1. The van der Waals surface area contributed by atoms with Crippen molar-refractivity contribution < 1.29 is 28.6 Å². The molecular weight excluding hydrogens is 357 g/mol. The molecule has 27 heavy (non-hydrogen) atoms. The smallest absolute Gasteiger partial charge is 0.341 e. The first-order valence-corrected chi connectivity index (χ1v) is 8.06. The number of benzene rings is 1. The molecule has 1 aromatic carbocycles. The Morgan fingerprint density at radius 1 is 1.26 bits per heavy atom. The van der Waals surface area contributed by atoms with Gasteiger partial charge in [0.05, 0.1) is 7.11 Å². The number of esters is 1. The molecule has 0 unspecified atom stereocenters. The monoisotopic (exact) mass is 377 g/mol. The molecule has 0 saturated heterocycles. The van der Waals surface area contributed by atoms with Crippen LogP contribution in [0, 0.1) is 5.82 Å². The summed E-state index contributed by atoms with van der Waals surface area (Å²) >= 11 is 0. The van der Waals surface area contributed by atoms with Crippen LogP contribution < -0.4 is 10.3 Å². The number of halogens is 1. The fraction of sp³-hybridized carbons (Fsp3) is 0.316. The maximum Gasteiger partial charge on any atom is 0.341 e. The molecule has 2 rings (SSSR count). The lowest BCUT2D eigenvalue weighted by Crippen LogP contribution is -2.32. The summed E-state index contributed by atoms with van der Waals surface area (Å²) in [4.78, 5) is 35.8. The third-order valence-electron chi connectivity index (χ3n) is 3.53. The van der Waals surface area contributed by atoms with Gasteiger partial charge in [0.1, 0.15) is 17.7 Å². The maximum atomic E-state index is 14.6. The highest BCUT2D eigenvalue weighted by molar-refractivity contribution is 5.89. The summed E-state index contributed by atoms with van der Waals surface area (Å²) in [5, 5.41) is 9.30. The molecule has 1 aromatic heterocycles. The van der Waals surface area contributed by atoms with Crippen molar-refractivity contribution in [2.24, 2.45) is 0 Å². The molecule has 8 heteroatoms. The molecule has 0 fully saturated rings. The predicted molar refractivity (Wildman–Crippen MR) is 95.5 cm³/mol. The molecule has 0 atom stereocenters. The lowest BCUT2D eigenvalue weighted by atomic mass is 10.0. The quantitative estimate of drug-likeness (QED) is 0.805. The summed E-state index contributed by atoms with van der Waals surface area (Å²) in [5.74, 6) is -2.94. The summed E-state index contributed by atoms with van der Waals surface area (Å²) in [7, 11) is 1.30. The van der Waals surface area contributed by atoms with Crippen molar-refractivity contribution in [3.05, 3.63) is 52.2 Å². The normalized spacial score (nSPS) is 11.1. The van der Waals surface area contributed by atoms with Crippen LogP contribution in [0.2, 0.25) is 0 Å². The number of rotatable bonds is 5. The minimum absolute atomic E-state index is 0.0331. The number of methoxy groups -OCH3 is 1. The second-order valence-corrected chi connectivity index (χ2v) is 6.79. The van der Waals surface area contributed by atoms with E-state index in [0.29, 0.717) is 0 Å². The largest absolute Gasteiger partial charge is 0.494 e. The first kappa shape index (κ1) is 20.2. The first-order chi connectivity index (χ1) is 12.5. The number of nitrogens with zero attached hydrogens (tertiary/aromatic N) is 1. The summed E-state index contributed by atoms with van der Waals surface area (Å²) in [6.45, 7) is 4.49. The Morgan fingerprint density at radius 2 is 1.93 bits per heavy atom. The van der Waals surface area contributed by atoms with Gasteiger partial charge in [-0.1, -0.05) is 12.1 Å². The number of aromatic nitrogens is 1. The lowest BCUT2D eigenvalue weighted by Gasteiger charge is -2.20. The van der Waals surface area contributed by atoms with Crippen molar-refractivity contribution in [3.8, 4) is 16.9 Å². The Kier molecular flexibility index (Phi) is 5.68. The maximum absolute atomic E-state index is 14.6. The van der Waals surface area contributed by atoms with Crippen molar-refractivity contribution >= 4 is 11.9 Å². The third kappa shape index (κ3) is 4.72. The van der Waals surface area contributed by atoms with Crippen molar-refractivity contribution in [1.29, 1.82) is 0 Å². The van der Waals surface area contributed by atoms with Crippen LogP contribution in [0.3, 0.4) is 0 Å². The van der Waals surface area contributed by atoms with Crippen molar-refractivity contribution in [1.82, 2.24) is 4.57 Å². The van der Waals surface area contributed by atoms with E-state index >= 15 is 0 Å². The molecule has 0 bridgehead atoms. The molecule has 0 amide bonds. The Balaban J connectivity index is 2.58. The van der Waals surface area contributed by atoms with Crippen LogP contribution in [0.15, 0.2) is 35.3 Å². The van der Waals surface area contributed by atoms with Gasteiger partial charge in [0.15, 0.2) is 11.6 Å². The van der Waals surface area contributed by atoms with Gasteiger partial charge in [0, 0.05) is 17.3 Å². The van der Waals surface area contributed by atoms with E-state index in [9.17, 15) is 23.9 Å². The molecule has 0 aliphatic carbocycles. The molecule has 0 aliphatic rings. The molecule has 0 saturated carbocycles. The van der Waals surface area contributed by atoms with E-state index in [1.54, 1.807) is 20.8 Å². The molecular formula is C19H20FNO6. The van der Waals surface area contributed by atoms with E-state index in [0.717, 1.165) is 10.6 Å². The Hall–Kier alpha value is -3.16. The zero-order chi connectivity index (χ0) is 20.4. The van der Waals surface area contributed by atoms with Crippen molar-refractivity contribution in [2.75, 3.05) is 7.11 Å². The molecule has 0 spiro atoms. The minimum atomic E-state index is -1.48. The number of carbonyl (C=O) groups excluding carboxylic acids is 1. The van der Waals surface area contributed by atoms with Crippen LogP contribution in [0.4, 0.5) is 4.39 Å². The topological polar surface area (TPSA) is 94.8 Å². The molecule has 1 N–H and O–H groups in total. The van der Waals surface area contributed by atoms with Gasteiger partial charge in [-0.15, -0.1) is 0 Å².